The minimum atomic E-state index is 0.0517. The molecule has 1 aliphatic heterocycles. The van der Waals surface area contributed by atoms with E-state index >= 15 is 0 Å². The molecule has 0 unspecified atom stereocenters. The molecule has 5 heteroatoms. The number of hydrogen-bond donors (Lipinski definition) is 1. The quantitative estimate of drug-likeness (QED) is 0.869. The number of hydrogen-bond acceptors (Lipinski definition) is 4. The van der Waals surface area contributed by atoms with E-state index in [2.05, 4.69) is 4.90 Å². The van der Waals surface area contributed by atoms with E-state index in [9.17, 15) is 4.79 Å². The van der Waals surface area contributed by atoms with Crippen molar-refractivity contribution < 1.29 is 9.53 Å². The van der Waals surface area contributed by atoms with E-state index in [-0.39, 0.29) is 11.9 Å². The van der Waals surface area contributed by atoms with Gasteiger partial charge in [0.05, 0.1) is 5.56 Å². The number of amides is 1. The summed E-state index contributed by atoms with van der Waals surface area (Å²) in [5.74, 6) is 1.10. The van der Waals surface area contributed by atoms with E-state index in [0.29, 0.717) is 23.8 Å². The summed E-state index contributed by atoms with van der Waals surface area (Å²) in [4.78, 5) is 16.9. The molecule has 2 N–H and O–H groups in total. The molecule has 1 aliphatic rings. The molecule has 0 saturated carbocycles. The summed E-state index contributed by atoms with van der Waals surface area (Å²) in [6.07, 6.45) is 2.12. The molecule has 1 saturated heterocycles. The Morgan fingerprint density at radius 2 is 2.17 bits per heavy atom. The number of para-hydroxylation sites is 1. The standard InChI is InChI=1S/C18H29N3O2/c1-14(19)15-7-6-10-21(13-15)18(22)16-8-4-5-9-17(16)23-12-11-20(2)3/h4-5,8-9,14-15H,6-7,10-13,19H2,1-3H3/t14-,15-/m0/s1. The molecular formula is C18H29N3O2. The Morgan fingerprint density at radius 1 is 1.43 bits per heavy atom. The van der Waals surface area contributed by atoms with Crippen LogP contribution in [0.4, 0.5) is 0 Å². The smallest absolute Gasteiger partial charge is 0.257 e. The predicted octanol–water partition coefficient (Wildman–Crippen LogP) is 1.83. The lowest BCUT2D eigenvalue weighted by molar-refractivity contribution is 0.0656. The third-order valence-electron chi connectivity index (χ3n) is 4.40. The summed E-state index contributed by atoms with van der Waals surface area (Å²) in [5.41, 5.74) is 6.67. The van der Waals surface area contributed by atoms with Crippen LogP contribution < -0.4 is 10.5 Å². The van der Waals surface area contributed by atoms with E-state index in [1.54, 1.807) is 0 Å². The van der Waals surface area contributed by atoms with Gasteiger partial charge in [-0.3, -0.25) is 4.79 Å². The molecule has 0 spiro atoms. The number of ether oxygens (including phenoxy) is 1. The van der Waals surface area contributed by atoms with Crippen LogP contribution in [0.25, 0.3) is 0 Å². The molecule has 2 atom stereocenters. The molecule has 0 aromatic heterocycles. The third-order valence-corrected chi connectivity index (χ3v) is 4.40. The zero-order chi connectivity index (χ0) is 16.8. The fourth-order valence-electron chi connectivity index (χ4n) is 2.90. The average molecular weight is 319 g/mol. The Hall–Kier alpha value is -1.59. The Balaban J connectivity index is 2.06. The van der Waals surface area contributed by atoms with Gasteiger partial charge < -0.3 is 20.3 Å². The van der Waals surface area contributed by atoms with Crippen molar-refractivity contribution >= 4 is 5.91 Å². The fraction of sp³-hybridized carbons (Fsp3) is 0.611. The lowest BCUT2D eigenvalue weighted by Gasteiger charge is -2.35. The monoisotopic (exact) mass is 319 g/mol. The maximum absolute atomic E-state index is 12.9. The average Bonchev–Trinajstić information content (AvgIpc) is 2.54. The summed E-state index contributed by atoms with van der Waals surface area (Å²) < 4.78 is 5.82. The van der Waals surface area contributed by atoms with Crippen molar-refractivity contribution in [2.45, 2.75) is 25.8 Å². The van der Waals surface area contributed by atoms with E-state index in [1.807, 2.05) is 50.2 Å². The van der Waals surface area contributed by atoms with Gasteiger partial charge >= 0.3 is 0 Å². The number of likely N-dealkylation sites (tertiary alicyclic amines) is 1. The van der Waals surface area contributed by atoms with Crippen LogP contribution in [0.1, 0.15) is 30.1 Å². The first-order valence-electron chi connectivity index (χ1n) is 8.40. The van der Waals surface area contributed by atoms with Gasteiger partial charge in [-0.25, -0.2) is 0 Å². The molecule has 1 aromatic rings. The van der Waals surface area contributed by atoms with Crippen LogP contribution in [0.2, 0.25) is 0 Å². The predicted molar refractivity (Wildman–Crippen MR) is 92.8 cm³/mol. The molecule has 0 aliphatic carbocycles. The first kappa shape index (κ1) is 17.8. The molecule has 2 rings (SSSR count). The van der Waals surface area contributed by atoms with Gasteiger partial charge in [0, 0.05) is 25.7 Å². The normalized spacial score (nSPS) is 19.7. The molecule has 1 amide bonds. The number of rotatable bonds is 6. The van der Waals surface area contributed by atoms with Gasteiger partial charge in [0.2, 0.25) is 0 Å². The van der Waals surface area contributed by atoms with Gasteiger partial charge in [-0.05, 0) is 51.9 Å². The van der Waals surface area contributed by atoms with E-state index in [4.69, 9.17) is 10.5 Å². The molecule has 5 nitrogen and oxygen atoms in total. The van der Waals surface area contributed by atoms with E-state index < -0.39 is 0 Å². The van der Waals surface area contributed by atoms with Crippen molar-refractivity contribution in [1.29, 1.82) is 0 Å². The van der Waals surface area contributed by atoms with Gasteiger partial charge in [-0.1, -0.05) is 12.1 Å². The molecular weight excluding hydrogens is 290 g/mol. The van der Waals surface area contributed by atoms with Crippen molar-refractivity contribution in [2.24, 2.45) is 11.7 Å². The number of nitrogens with two attached hydrogens (primary N) is 1. The van der Waals surface area contributed by atoms with Crippen molar-refractivity contribution in [3.63, 3.8) is 0 Å². The highest BCUT2D eigenvalue weighted by molar-refractivity contribution is 5.97. The SMILES string of the molecule is C[C@H](N)[C@H]1CCCN(C(=O)c2ccccc2OCCN(C)C)C1. The third kappa shape index (κ3) is 4.94. The highest BCUT2D eigenvalue weighted by atomic mass is 16.5. The number of nitrogens with zero attached hydrogens (tertiary/aromatic N) is 2. The van der Waals surface area contributed by atoms with Gasteiger partial charge in [0.25, 0.3) is 5.91 Å². The number of benzene rings is 1. The maximum Gasteiger partial charge on any atom is 0.257 e. The van der Waals surface area contributed by atoms with Crippen LogP contribution in [0.3, 0.4) is 0 Å². The number of carbonyl (C=O) groups is 1. The van der Waals surface area contributed by atoms with Crippen LogP contribution in [0.5, 0.6) is 5.75 Å². The highest BCUT2D eigenvalue weighted by Gasteiger charge is 2.27. The van der Waals surface area contributed by atoms with Gasteiger partial charge in [-0.2, -0.15) is 0 Å². The summed E-state index contributed by atoms with van der Waals surface area (Å²) >= 11 is 0. The second-order valence-electron chi connectivity index (χ2n) is 6.66. The van der Waals surface area contributed by atoms with Crippen molar-refractivity contribution in [1.82, 2.24) is 9.80 Å². The second-order valence-corrected chi connectivity index (χ2v) is 6.66. The summed E-state index contributed by atoms with van der Waals surface area (Å²) in [6, 6.07) is 7.64. The summed E-state index contributed by atoms with van der Waals surface area (Å²) in [6.45, 7) is 4.95. The van der Waals surface area contributed by atoms with Gasteiger partial charge in [-0.15, -0.1) is 0 Å². The fourth-order valence-corrected chi connectivity index (χ4v) is 2.90. The van der Waals surface area contributed by atoms with Crippen LogP contribution in [0, 0.1) is 5.92 Å². The number of carbonyl (C=O) groups excluding carboxylic acids is 1. The van der Waals surface area contributed by atoms with Crippen LogP contribution in [-0.2, 0) is 0 Å². The van der Waals surface area contributed by atoms with E-state index in [1.165, 1.54) is 0 Å². The summed E-state index contributed by atoms with van der Waals surface area (Å²) in [7, 11) is 4.00. The van der Waals surface area contributed by atoms with Crippen molar-refractivity contribution in [3.05, 3.63) is 29.8 Å². The molecule has 128 valence electrons. The summed E-state index contributed by atoms with van der Waals surface area (Å²) in [5, 5.41) is 0. The Kier molecular flexibility index (Phi) is 6.42. The molecule has 0 bridgehead atoms. The van der Waals surface area contributed by atoms with E-state index in [0.717, 1.165) is 32.5 Å². The first-order chi connectivity index (χ1) is 11.0. The maximum atomic E-state index is 12.9. The minimum absolute atomic E-state index is 0.0517. The Morgan fingerprint density at radius 3 is 2.87 bits per heavy atom. The van der Waals surface area contributed by atoms with Crippen LogP contribution in [0.15, 0.2) is 24.3 Å². The number of piperidine rings is 1. The molecule has 1 heterocycles. The van der Waals surface area contributed by atoms with Gasteiger partial charge in [0.1, 0.15) is 12.4 Å². The lowest BCUT2D eigenvalue weighted by Crippen LogP contribution is -2.45. The number of likely N-dealkylation sites (N-methyl/N-ethyl adjacent to an activating group) is 1. The highest BCUT2D eigenvalue weighted by Crippen LogP contribution is 2.24. The Bertz CT molecular complexity index is 517. The zero-order valence-corrected chi connectivity index (χ0v) is 14.5. The minimum Gasteiger partial charge on any atom is -0.491 e. The first-order valence-corrected chi connectivity index (χ1v) is 8.40. The molecule has 1 fully saturated rings. The van der Waals surface area contributed by atoms with Crippen LogP contribution >= 0.6 is 0 Å². The second kappa shape index (κ2) is 8.31. The largest absolute Gasteiger partial charge is 0.491 e. The van der Waals surface area contributed by atoms with Crippen molar-refractivity contribution in [2.75, 3.05) is 40.3 Å². The zero-order valence-electron chi connectivity index (χ0n) is 14.5. The lowest BCUT2D eigenvalue weighted by atomic mass is 9.92. The van der Waals surface area contributed by atoms with Gasteiger partial charge in [0.15, 0.2) is 0 Å². The topological polar surface area (TPSA) is 58.8 Å². The Labute approximate surface area is 139 Å². The van der Waals surface area contributed by atoms with Crippen molar-refractivity contribution in [3.8, 4) is 5.75 Å². The molecule has 23 heavy (non-hydrogen) atoms. The molecule has 1 aromatic carbocycles. The molecule has 0 radical (unpaired) electrons. The van der Waals surface area contributed by atoms with Crippen LogP contribution in [-0.4, -0.2) is 62.1 Å².